The highest BCUT2D eigenvalue weighted by Gasteiger charge is 2.22. The van der Waals surface area contributed by atoms with Crippen molar-refractivity contribution >= 4 is 44.9 Å². The lowest BCUT2D eigenvalue weighted by Crippen LogP contribution is -1.94. The molecule has 114 valence electrons. The van der Waals surface area contributed by atoms with Gasteiger partial charge in [0.05, 0.1) is 12.3 Å². The number of hydrogen-bond acceptors (Lipinski definition) is 3. The molecule has 0 bridgehead atoms. The summed E-state index contributed by atoms with van der Waals surface area (Å²) in [6.07, 6.45) is 0. The van der Waals surface area contributed by atoms with Gasteiger partial charge in [-0.25, -0.2) is 4.99 Å². The summed E-state index contributed by atoms with van der Waals surface area (Å²) in [5, 5.41) is 4.12. The van der Waals surface area contributed by atoms with Gasteiger partial charge in [0.25, 0.3) is 0 Å². The Bertz CT molecular complexity index is 919. The van der Waals surface area contributed by atoms with Crippen molar-refractivity contribution in [3.63, 3.8) is 0 Å². The lowest BCUT2D eigenvalue weighted by molar-refractivity contribution is 0.344. The van der Waals surface area contributed by atoms with Gasteiger partial charge in [-0.2, -0.15) is 0 Å². The lowest BCUT2D eigenvalue weighted by Gasteiger charge is -2.08. The first-order chi connectivity index (χ1) is 11.3. The van der Waals surface area contributed by atoms with Crippen LogP contribution >= 0.6 is 23.4 Å². The minimum Gasteiger partial charge on any atom is -0.493 e. The Kier molecular flexibility index (Phi) is 3.76. The van der Waals surface area contributed by atoms with E-state index in [1.54, 1.807) is 11.8 Å². The fourth-order valence-corrected chi connectivity index (χ4v) is 4.00. The first-order valence-corrected chi connectivity index (χ1v) is 8.66. The molecule has 0 atom stereocenters. The Morgan fingerprint density at radius 1 is 1.04 bits per heavy atom. The quantitative estimate of drug-likeness (QED) is 0.577. The molecule has 0 aliphatic carbocycles. The molecule has 0 saturated heterocycles. The van der Waals surface area contributed by atoms with Crippen molar-refractivity contribution in [3.8, 4) is 5.75 Å². The summed E-state index contributed by atoms with van der Waals surface area (Å²) in [5.41, 5.74) is 2.07. The topological polar surface area (TPSA) is 21.6 Å². The number of aliphatic imine (C=N–C) groups is 1. The number of halogens is 1. The van der Waals surface area contributed by atoms with Crippen LogP contribution in [-0.4, -0.2) is 11.7 Å². The van der Waals surface area contributed by atoms with Gasteiger partial charge in [0.1, 0.15) is 10.8 Å². The molecule has 2 nitrogen and oxygen atoms in total. The van der Waals surface area contributed by atoms with E-state index in [-0.39, 0.29) is 0 Å². The van der Waals surface area contributed by atoms with Crippen LogP contribution in [0.15, 0.2) is 64.5 Å². The van der Waals surface area contributed by atoms with Crippen LogP contribution in [0.1, 0.15) is 12.5 Å². The molecule has 0 N–H and O–H groups in total. The largest absolute Gasteiger partial charge is 0.493 e. The number of rotatable bonds is 3. The predicted molar refractivity (Wildman–Crippen MR) is 98.6 cm³/mol. The van der Waals surface area contributed by atoms with E-state index in [0.717, 1.165) is 26.9 Å². The molecule has 0 unspecified atom stereocenters. The maximum absolute atomic E-state index is 5.95. The normalized spacial score (nSPS) is 14.6. The van der Waals surface area contributed by atoms with Gasteiger partial charge in [-0.05, 0) is 49.4 Å². The second-order valence-electron chi connectivity index (χ2n) is 5.22. The second kappa shape index (κ2) is 5.91. The Hall–Kier alpha value is -1.97. The number of nitrogens with zero attached hydrogens (tertiary/aromatic N) is 1. The van der Waals surface area contributed by atoms with Crippen molar-refractivity contribution in [1.82, 2.24) is 0 Å². The molecule has 1 aliphatic heterocycles. The number of benzene rings is 3. The van der Waals surface area contributed by atoms with E-state index < -0.39 is 0 Å². The van der Waals surface area contributed by atoms with Crippen LogP contribution in [0, 0.1) is 0 Å². The molecule has 23 heavy (non-hydrogen) atoms. The molecule has 3 aromatic carbocycles. The van der Waals surface area contributed by atoms with E-state index in [4.69, 9.17) is 21.3 Å². The monoisotopic (exact) mass is 339 g/mol. The zero-order chi connectivity index (χ0) is 15.8. The van der Waals surface area contributed by atoms with E-state index in [2.05, 4.69) is 24.3 Å². The van der Waals surface area contributed by atoms with Crippen LogP contribution in [0.25, 0.3) is 10.8 Å². The lowest BCUT2D eigenvalue weighted by atomic mass is 10.0. The van der Waals surface area contributed by atoms with Crippen LogP contribution in [0.5, 0.6) is 5.75 Å². The molecule has 0 spiro atoms. The van der Waals surface area contributed by atoms with E-state index in [1.165, 1.54) is 15.8 Å². The summed E-state index contributed by atoms with van der Waals surface area (Å²) < 4.78 is 5.76. The summed E-state index contributed by atoms with van der Waals surface area (Å²) >= 11 is 7.65. The highest BCUT2D eigenvalue weighted by atomic mass is 35.5. The van der Waals surface area contributed by atoms with E-state index >= 15 is 0 Å². The van der Waals surface area contributed by atoms with Gasteiger partial charge in [0.15, 0.2) is 0 Å². The summed E-state index contributed by atoms with van der Waals surface area (Å²) in [4.78, 5) is 6.02. The molecular formula is C19H14ClNOS. The fraction of sp³-hybridized carbons (Fsp3) is 0.105. The zero-order valence-electron chi connectivity index (χ0n) is 12.5. The molecule has 0 aromatic heterocycles. The third-order valence-corrected chi connectivity index (χ3v) is 5.07. The van der Waals surface area contributed by atoms with Crippen molar-refractivity contribution in [3.05, 3.63) is 65.2 Å². The number of hydrogen-bond donors (Lipinski definition) is 0. The van der Waals surface area contributed by atoms with E-state index in [0.29, 0.717) is 6.61 Å². The predicted octanol–water partition coefficient (Wildman–Crippen LogP) is 6.08. The number of ether oxygens (including phenoxy) is 1. The minimum absolute atomic E-state index is 0.664. The third kappa shape index (κ3) is 2.60. The summed E-state index contributed by atoms with van der Waals surface area (Å²) in [5.74, 6) is 0.932. The molecule has 3 aromatic rings. The van der Waals surface area contributed by atoms with E-state index in [9.17, 15) is 0 Å². The molecular weight excluding hydrogens is 326 g/mol. The molecule has 4 rings (SSSR count). The maximum Gasteiger partial charge on any atom is 0.127 e. The van der Waals surface area contributed by atoms with Crippen LogP contribution in [0.4, 0.5) is 5.69 Å². The molecule has 0 radical (unpaired) electrons. The van der Waals surface area contributed by atoms with Crippen molar-refractivity contribution in [1.29, 1.82) is 0 Å². The van der Waals surface area contributed by atoms with Crippen molar-refractivity contribution in [2.45, 2.75) is 11.8 Å². The van der Waals surface area contributed by atoms with Gasteiger partial charge >= 0.3 is 0 Å². The molecule has 0 amide bonds. The van der Waals surface area contributed by atoms with Gasteiger partial charge in [-0.15, -0.1) is 0 Å². The zero-order valence-corrected chi connectivity index (χ0v) is 14.1. The van der Waals surface area contributed by atoms with Gasteiger partial charge in [0, 0.05) is 26.3 Å². The van der Waals surface area contributed by atoms with Crippen LogP contribution in [-0.2, 0) is 0 Å². The summed E-state index contributed by atoms with van der Waals surface area (Å²) in [6.45, 7) is 2.67. The molecule has 1 heterocycles. The Morgan fingerprint density at radius 2 is 1.87 bits per heavy atom. The average Bonchev–Trinajstić information content (AvgIpc) is 2.92. The highest BCUT2D eigenvalue weighted by molar-refractivity contribution is 8.15. The molecule has 4 heteroatoms. The first-order valence-electron chi connectivity index (χ1n) is 7.47. The Labute approximate surface area is 144 Å². The molecule has 0 saturated carbocycles. The third-order valence-electron chi connectivity index (χ3n) is 3.76. The summed E-state index contributed by atoms with van der Waals surface area (Å²) in [6, 6.07) is 18.1. The van der Waals surface area contributed by atoms with Crippen molar-refractivity contribution in [2.24, 2.45) is 4.99 Å². The SMILES string of the molecule is CCOc1ccc2c3c(cccc13)SC2=Nc1ccc(Cl)cc1. The van der Waals surface area contributed by atoms with Crippen LogP contribution in [0.2, 0.25) is 5.02 Å². The number of thioether (sulfide) groups is 1. The first kappa shape index (κ1) is 14.6. The van der Waals surface area contributed by atoms with Gasteiger partial charge in [0.2, 0.25) is 0 Å². The van der Waals surface area contributed by atoms with Crippen LogP contribution in [0.3, 0.4) is 0 Å². The second-order valence-corrected chi connectivity index (χ2v) is 6.69. The smallest absolute Gasteiger partial charge is 0.127 e. The van der Waals surface area contributed by atoms with E-state index in [1.807, 2.05) is 37.3 Å². The minimum atomic E-state index is 0.664. The average molecular weight is 340 g/mol. The summed E-state index contributed by atoms with van der Waals surface area (Å²) in [7, 11) is 0. The highest BCUT2D eigenvalue weighted by Crippen LogP contribution is 2.44. The van der Waals surface area contributed by atoms with Gasteiger partial charge in [-0.3, -0.25) is 0 Å². The van der Waals surface area contributed by atoms with Gasteiger partial charge in [-0.1, -0.05) is 35.5 Å². The maximum atomic E-state index is 5.95. The Balaban J connectivity index is 1.85. The van der Waals surface area contributed by atoms with Crippen molar-refractivity contribution < 1.29 is 4.74 Å². The van der Waals surface area contributed by atoms with Crippen LogP contribution < -0.4 is 4.74 Å². The molecule has 0 fully saturated rings. The fourth-order valence-electron chi connectivity index (χ4n) is 2.77. The molecule has 1 aliphatic rings. The Morgan fingerprint density at radius 3 is 2.65 bits per heavy atom. The van der Waals surface area contributed by atoms with Crippen molar-refractivity contribution in [2.75, 3.05) is 6.61 Å². The van der Waals surface area contributed by atoms with Gasteiger partial charge < -0.3 is 4.74 Å². The standard InChI is InChI=1S/C19H14ClNOS/c1-2-22-16-11-10-15-18-14(16)4-3-5-17(18)23-19(15)21-13-8-6-12(20)7-9-13/h3-11H,2H2,1H3.